The van der Waals surface area contributed by atoms with Gasteiger partial charge in [-0.05, 0) is 43.2 Å². The van der Waals surface area contributed by atoms with Gasteiger partial charge in [0.1, 0.15) is 0 Å². The summed E-state index contributed by atoms with van der Waals surface area (Å²) in [4.78, 5) is 0.254. The van der Waals surface area contributed by atoms with Crippen LogP contribution in [0.15, 0.2) is 65.6 Å². The van der Waals surface area contributed by atoms with Crippen LogP contribution in [0.5, 0.6) is 0 Å². The van der Waals surface area contributed by atoms with Crippen LogP contribution >= 0.6 is 23.2 Å². The van der Waals surface area contributed by atoms with Crippen LogP contribution in [-0.2, 0) is 10.0 Å². The molecular weight excluding hydrogens is 377 g/mol. The first kappa shape index (κ1) is 20.0. The second kappa shape index (κ2) is 8.86. The van der Waals surface area contributed by atoms with E-state index in [0.29, 0.717) is 17.3 Å². The summed E-state index contributed by atoms with van der Waals surface area (Å²) in [6.07, 6.45) is 0.599. The van der Waals surface area contributed by atoms with E-state index in [0.717, 1.165) is 16.7 Å². The third-order valence-electron chi connectivity index (χ3n) is 3.92. The molecule has 0 fully saturated rings. The molecule has 1 unspecified atom stereocenters. The molecular formula is C19H21Cl2NO2S. The Bertz CT molecular complexity index is 816. The monoisotopic (exact) mass is 397 g/mol. The Morgan fingerprint density at radius 3 is 2.28 bits per heavy atom. The fourth-order valence-electron chi connectivity index (χ4n) is 2.46. The van der Waals surface area contributed by atoms with Gasteiger partial charge in [0.25, 0.3) is 0 Å². The van der Waals surface area contributed by atoms with Crippen LogP contribution in [0.4, 0.5) is 0 Å². The molecule has 25 heavy (non-hydrogen) atoms. The number of allylic oxidation sites excluding steroid dienone is 1. The van der Waals surface area contributed by atoms with Crippen molar-refractivity contribution in [2.45, 2.75) is 24.2 Å². The highest BCUT2D eigenvalue weighted by atomic mass is 35.5. The molecule has 1 atom stereocenters. The van der Waals surface area contributed by atoms with Crippen molar-refractivity contribution in [3.63, 3.8) is 0 Å². The number of aryl methyl sites for hydroxylation is 1. The molecule has 2 aromatic carbocycles. The first-order valence-electron chi connectivity index (χ1n) is 7.86. The zero-order chi connectivity index (χ0) is 18.4. The Morgan fingerprint density at radius 1 is 1.12 bits per heavy atom. The van der Waals surface area contributed by atoms with Gasteiger partial charge in [0.2, 0.25) is 10.0 Å². The van der Waals surface area contributed by atoms with E-state index < -0.39 is 10.0 Å². The summed E-state index contributed by atoms with van der Waals surface area (Å²) in [5.41, 5.74) is 2.86. The van der Waals surface area contributed by atoms with Crippen LogP contribution in [0.1, 0.15) is 23.5 Å². The van der Waals surface area contributed by atoms with Gasteiger partial charge in [-0.15, -0.1) is 11.6 Å². The van der Waals surface area contributed by atoms with Crippen LogP contribution in [0.2, 0.25) is 5.02 Å². The van der Waals surface area contributed by atoms with Crippen molar-refractivity contribution in [3.05, 3.63) is 76.8 Å². The molecule has 3 nitrogen and oxygen atoms in total. The molecule has 0 saturated carbocycles. The maximum atomic E-state index is 12.5. The number of halogens is 2. The lowest BCUT2D eigenvalue weighted by atomic mass is 9.93. The molecule has 0 saturated heterocycles. The maximum absolute atomic E-state index is 12.5. The SMILES string of the molecule is C=C(CCl)CC(CNS(=O)(=O)c1ccc(C)cc1)c1ccc(Cl)cc1. The fourth-order valence-corrected chi connectivity index (χ4v) is 3.77. The summed E-state index contributed by atoms with van der Waals surface area (Å²) >= 11 is 11.8. The molecule has 0 aliphatic carbocycles. The molecule has 134 valence electrons. The molecule has 0 spiro atoms. The van der Waals surface area contributed by atoms with Crippen molar-refractivity contribution >= 4 is 33.2 Å². The third kappa shape index (κ3) is 5.86. The first-order chi connectivity index (χ1) is 11.8. The number of nitrogens with one attached hydrogen (secondary N) is 1. The third-order valence-corrected chi connectivity index (χ3v) is 5.99. The van der Waals surface area contributed by atoms with Gasteiger partial charge in [0, 0.05) is 23.4 Å². The standard InChI is InChI=1S/C19H21Cl2NO2S/c1-14-3-9-19(10-4-14)25(23,24)22-13-17(11-15(2)12-20)16-5-7-18(21)8-6-16/h3-10,17,22H,2,11-13H2,1H3. The smallest absolute Gasteiger partial charge is 0.211 e. The zero-order valence-corrected chi connectivity index (χ0v) is 16.3. The summed E-state index contributed by atoms with van der Waals surface area (Å²) in [6, 6.07) is 14.1. The minimum absolute atomic E-state index is 0.0660. The molecule has 1 N–H and O–H groups in total. The van der Waals surface area contributed by atoms with Crippen LogP contribution < -0.4 is 4.72 Å². The van der Waals surface area contributed by atoms with E-state index >= 15 is 0 Å². The molecule has 6 heteroatoms. The Hall–Kier alpha value is -1.33. The number of hydrogen-bond acceptors (Lipinski definition) is 2. The topological polar surface area (TPSA) is 46.2 Å². The van der Waals surface area contributed by atoms with Gasteiger partial charge < -0.3 is 0 Å². The molecule has 0 bridgehead atoms. The first-order valence-corrected chi connectivity index (χ1v) is 10.3. The molecule has 0 aliphatic heterocycles. The largest absolute Gasteiger partial charge is 0.240 e. The molecule has 0 aliphatic rings. The summed E-state index contributed by atoms with van der Waals surface area (Å²) in [5.74, 6) is 0.276. The predicted octanol–water partition coefficient (Wildman–Crippen LogP) is 4.90. The van der Waals surface area contributed by atoms with E-state index in [1.807, 2.05) is 19.1 Å². The van der Waals surface area contributed by atoms with Crippen molar-refractivity contribution < 1.29 is 8.42 Å². The van der Waals surface area contributed by atoms with E-state index in [2.05, 4.69) is 11.3 Å². The van der Waals surface area contributed by atoms with E-state index in [9.17, 15) is 8.42 Å². The van der Waals surface area contributed by atoms with Crippen LogP contribution in [0.25, 0.3) is 0 Å². The van der Waals surface area contributed by atoms with Crippen LogP contribution in [0, 0.1) is 6.92 Å². The molecule has 2 aromatic rings. The van der Waals surface area contributed by atoms with Gasteiger partial charge in [0.05, 0.1) is 4.90 Å². The average Bonchev–Trinajstić information content (AvgIpc) is 2.59. The second-order valence-corrected chi connectivity index (χ2v) is 8.47. The van der Waals surface area contributed by atoms with Crippen molar-refractivity contribution in [1.82, 2.24) is 4.72 Å². The van der Waals surface area contributed by atoms with E-state index in [-0.39, 0.29) is 17.4 Å². The average molecular weight is 398 g/mol. The lowest BCUT2D eigenvalue weighted by Crippen LogP contribution is -2.29. The minimum atomic E-state index is -3.57. The van der Waals surface area contributed by atoms with Gasteiger partial charge >= 0.3 is 0 Å². The summed E-state index contributed by atoms with van der Waals surface area (Å²) in [6.45, 7) is 6.11. The Kier molecular flexibility index (Phi) is 7.08. The van der Waals surface area contributed by atoms with Gasteiger partial charge in [-0.1, -0.05) is 53.6 Å². The quantitative estimate of drug-likeness (QED) is 0.508. The summed E-state index contributed by atoms with van der Waals surface area (Å²) in [7, 11) is -3.57. The molecule has 2 rings (SSSR count). The number of sulfonamides is 1. The van der Waals surface area contributed by atoms with Gasteiger partial charge in [0.15, 0.2) is 0 Å². The minimum Gasteiger partial charge on any atom is -0.211 e. The number of rotatable bonds is 8. The van der Waals surface area contributed by atoms with Crippen LogP contribution in [-0.4, -0.2) is 20.8 Å². The van der Waals surface area contributed by atoms with Crippen molar-refractivity contribution in [1.29, 1.82) is 0 Å². The van der Waals surface area contributed by atoms with Gasteiger partial charge in [-0.2, -0.15) is 0 Å². The van der Waals surface area contributed by atoms with Crippen molar-refractivity contribution in [2.24, 2.45) is 0 Å². The molecule has 0 heterocycles. The number of hydrogen-bond donors (Lipinski definition) is 1. The molecule has 0 radical (unpaired) electrons. The van der Waals surface area contributed by atoms with E-state index in [4.69, 9.17) is 23.2 Å². The highest BCUT2D eigenvalue weighted by Gasteiger charge is 2.19. The Balaban J connectivity index is 2.17. The van der Waals surface area contributed by atoms with Gasteiger partial charge in [-0.25, -0.2) is 13.1 Å². The lowest BCUT2D eigenvalue weighted by molar-refractivity contribution is 0.568. The lowest BCUT2D eigenvalue weighted by Gasteiger charge is -2.19. The second-order valence-electron chi connectivity index (χ2n) is 6.00. The van der Waals surface area contributed by atoms with E-state index in [1.54, 1.807) is 36.4 Å². The molecule has 0 amide bonds. The normalized spacial score (nSPS) is 12.8. The number of alkyl halides is 1. The van der Waals surface area contributed by atoms with Crippen molar-refractivity contribution in [2.75, 3.05) is 12.4 Å². The Labute approximate surface area is 159 Å². The fraction of sp³-hybridized carbons (Fsp3) is 0.263. The summed E-state index contributed by atoms with van der Waals surface area (Å²) in [5, 5.41) is 0.638. The summed E-state index contributed by atoms with van der Waals surface area (Å²) < 4.78 is 27.7. The highest BCUT2D eigenvalue weighted by molar-refractivity contribution is 7.89. The Morgan fingerprint density at radius 2 is 1.72 bits per heavy atom. The maximum Gasteiger partial charge on any atom is 0.240 e. The highest BCUT2D eigenvalue weighted by Crippen LogP contribution is 2.25. The molecule has 0 aromatic heterocycles. The van der Waals surface area contributed by atoms with Crippen molar-refractivity contribution in [3.8, 4) is 0 Å². The predicted molar refractivity (Wildman–Crippen MR) is 105 cm³/mol. The van der Waals surface area contributed by atoms with Gasteiger partial charge in [-0.3, -0.25) is 0 Å². The zero-order valence-electron chi connectivity index (χ0n) is 14.0. The van der Waals surface area contributed by atoms with Crippen LogP contribution in [0.3, 0.4) is 0 Å². The number of benzene rings is 2. The van der Waals surface area contributed by atoms with E-state index in [1.165, 1.54) is 0 Å².